The summed E-state index contributed by atoms with van der Waals surface area (Å²) >= 11 is 11.3. The third kappa shape index (κ3) is 4.81. The van der Waals surface area contributed by atoms with Crippen LogP contribution in [-0.2, 0) is 6.54 Å². The molecule has 140 valence electrons. The van der Waals surface area contributed by atoms with Crippen LogP contribution in [0, 0.1) is 5.82 Å². The summed E-state index contributed by atoms with van der Waals surface area (Å²) in [6, 6.07) is 13.6. The van der Waals surface area contributed by atoms with Crippen LogP contribution in [0.4, 0.5) is 10.1 Å². The van der Waals surface area contributed by atoms with Crippen LogP contribution in [0.2, 0.25) is 5.02 Å². The lowest BCUT2D eigenvalue weighted by Gasteiger charge is -2.28. The van der Waals surface area contributed by atoms with Crippen molar-refractivity contribution >= 4 is 34.6 Å². The van der Waals surface area contributed by atoms with Crippen molar-refractivity contribution in [1.29, 1.82) is 0 Å². The maximum absolute atomic E-state index is 13.9. The monoisotopic (exact) mass is 404 g/mol. The molecule has 0 aliphatic carbocycles. The van der Waals surface area contributed by atoms with Crippen molar-refractivity contribution in [2.45, 2.75) is 26.4 Å². The highest BCUT2D eigenvalue weighted by Crippen LogP contribution is 2.21. The summed E-state index contributed by atoms with van der Waals surface area (Å²) in [6.45, 7) is 4.26. The molecule has 27 heavy (non-hydrogen) atoms. The van der Waals surface area contributed by atoms with E-state index in [2.05, 4.69) is 15.5 Å². The van der Waals surface area contributed by atoms with Crippen molar-refractivity contribution in [3.05, 3.63) is 65.3 Å². The summed E-state index contributed by atoms with van der Waals surface area (Å²) in [4.78, 5) is 1.85. The van der Waals surface area contributed by atoms with Gasteiger partial charge < -0.3 is 14.6 Å². The lowest BCUT2D eigenvalue weighted by Crippen LogP contribution is -2.39. The van der Waals surface area contributed by atoms with Gasteiger partial charge >= 0.3 is 0 Å². The zero-order valence-electron chi connectivity index (χ0n) is 14.8. The molecule has 0 amide bonds. The Bertz CT molecular complexity index is 929. The number of halogens is 2. The van der Waals surface area contributed by atoms with Gasteiger partial charge in [-0.2, -0.15) is 0 Å². The molecule has 0 bridgehead atoms. The van der Waals surface area contributed by atoms with Crippen molar-refractivity contribution in [3.8, 4) is 11.5 Å². The second-order valence-corrected chi connectivity index (χ2v) is 6.96. The van der Waals surface area contributed by atoms with Crippen molar-refractivity contribution in [1.82, 2.24) is 15.1 Å². The summed E-state index contributed by atoms with van der Waals surface area (Å²) in [5.74, 6) is 0.441. The zero-order valence-corrected chi connectivity index (χ0v) is 16.4. The topological polar surface area (TPSA) is 54.2 Å². The van der Waals surface area contributed by atoms with Gasteiger partial charge in [0.15, 0.2) is 5.11 Å². The second kappa shape index (κ2) is 8.45. The summed E-state index contributed by atoms with van der Waals surface area (Å²) in [7, 11) is 0. The first-order chi connectivity index (χ1) is 12.9. The number of para-hydroxylation sites is 1. The fourth-order valence-electron chi connectivity index (χ4n) is 2.41. The Morgan fingerprint density at radius 1 is 1.19 bits per heavy atom. The number of hydrogen-bond acceptors (Lipinski definition) is 4. The summed E-state index contributed by atoms with van der Waals surface area (Å²) in [5, 5.41) is 12.1. The number of nitrogens with one attached hydrogen (secondary N) is 1. The van der Waals surface area contributed by atoms with E-state index in [0.29, 0.717) is 34.1 Å². The lowest BCUT2D eigenvalue weighted by molar-refractivity contribution is 0.309. The Labute approximate surface area is 167 Å². The minimum Gasteiger partial charge on any atom is -0.419 e. The van der Waals surface area contributed by atoms with Gasteiger partial charge in [-0.3, -0.25) is 0 Å². The highest BCUT2D eigenvalue weighted by molar-refractivity contribution is 7.80. The molecule has 0 radical (unpaired) electrons. The van der Waals surface area contributed by atoms with E-state index in [9.17, 15) is 4.39 Å². The molecule has 1 aromatic heterocycles. The Kier molecular flexibility index (Phi) is 6.03. The molecular weight excluding hydrogens is 387 g/mol. The van der Waals surface area contributed by atoms with Crippen LogP contribution in [0.3, 0.4) is 0 Å². The second-order valence-electron chi connectivity index (χ2n) is 6.14. The van der Waals surface area contributed by atoms with Crippen LogP contribution < -0.4 is 5.32 Å². The SMILES string of the molecule is CC(C)N(Cc1nnc(-c2ccc(Cl)cc2)o1)C(=S)Nc1ccccc1F. The Hall–Kier alpha value is -2.51. The number of nitrogens with zero attached hydrogens (tertiary/aromatic N) is 3. The van der Waals surface area contributed by atoms with Crippen molar-refractivity contribution in [2.75, 3.05) is 5.32 Å². The minimum atomic E-state index is -0.369. The number of aromatic nitrogens is 2. The zero-order chi connectivity index (χ0) is 19.4. The molecule has 5 nitrogen and oxygen atoms in total. The van der Waals surface area contributed by atoms with E-state index in [-0.39, 0.29) is 11.9 Å². The molecule has 1 N–H and O–H groups in total. The first-order valence-electron chi connectivity index (χ1n) is 8.34. The molecule has 0 spiro atoms. The smallest absolute Gasteiger partial charge is 0.247 e. The molecule has 8 heteroatoms. The van der Waals surface area contributed by atoms with Gasteiger partial charge in [0, 0.05) is 16.6 Å². The molecule has 0 atom stereocenters. The third-order valence-electron chi connectivity index (χ3n) is 3.86. The van der Waals surface area contributed by atoms with Crippen LogP contribution in [-0.4, -0.2) is 26.3 Å². The predicted octanol–water partition coefficient (Wildman–Crippen LogP) is 5.14. The molecule has 0 fully saturated rings. The van der Waals surface area contributed by atoms with Crippen molar-refractivity contribution < 1.29 is 8.81 Å². The van der Waals surface area contributed by atoms with E-state index in [0.717, 1.165) is 5.56 Å². The number of rotatable bonds is 5. The molecule has 0 unspecified atom stereocenters. The number of thiocarbonyl (C=S) groups is 1. The first kappa shape index (κ1) is 19.3. The molecule has 0 saturated carbocycles. The quantitative estimate of drug-likeness (QED) is 0.594. The highest BCUT2D eigenvalue weighted by Gasteiger charge is 2.19. The summed E-state index contributed by atoms with van der Waals surface area (Å²) < 4.78 is 19.6. The van der Waals surface area contributed by atoms with Crippen LogP contribution in [0.5, 0.6) is 0 Å². The Morgan fingerprint density at radius 3 is 2.56 bits per heavy atom. The summed E-state index contributed by atoms with van der Waals surface area (Å²) in [5.41, 5.74) is 1.10. The first-order valence-corrected chi connectivity index (χ1v) is 9.13. The predicted molar refractivity (Wildman–Crippen MR) is 108 cm³/mol. The van der Waals surface area contributed by atoms with E-state index in [1.165, 1.54) is 6.07 Å². The maximum Gasteiger partial charge on any atom is 0.247 e. The van der Waals surface area contributed by atoms with Gasteiger partial charge in [0.25, 0.3) is 0 Å². The van der Waals surface area contributed by atoms with E-state index in [1.807, 2.05) is 30.9 Å². The van der Waals surface area contributed by atoms with Gasteiger partial charge in [-0.1, -0.05) is 23.7 Å². The molecule has 0 saturated heterocycles. The van der Waals surface area contributed by atoms with E-state index < -0.39 is 0 Å². The fraction of sp³-hybridized carbons (Fsp3) is 0.211. The average Bonchev–Trinajstić information content (AvgIpc) is 3.10. The fourth-order valence-corrected chi connectivity index (χ4v) is 2.92. The van der Waals surface area contributed by atoms with Crippen molar-refractivity contribution in [3.63, 3.8) is 0 Å². The van der Waals surface area contributed by atoms with Crippen LogP contribution in [0.15, 0.2) is 52.9 Å². The molecule has 3 rings (SSSR count). The van der Waals surface area contributed by atoms with Gasteiger partial charge in [-0.15, -0.1) is 10.2 Å². The standard InChI is InChI=1S/C19H18ClFN4OS/c1-12(2)25(19(27)22-16-6-4-3-5-15(16)21)11-17-23-24-18(26-17)13-7-9-14(20)10-8-13/h3-10,12H,11H2,1-2H3,(H,22,27). The van der Waals surface area contributed by atoms with Gasteiger partial charge in [0.05, 0.1) is 12.2 Å². The van der Waals surface area contributed by atoms with Gasteiger partial charge in [0.1, 0.15) is 5.82 Å². The van der Waals surface area contributed by atoms with Crippen LogP contribution in [0.25, 0.3) is 11.5 Å². The lowest BCUT2D eigenvalue weighted by atomic mass is 10.2. The highest BCUT2D eigenvalue weighted by atomic mass is 35.5. The molecule has 0 aliphatic heterocycles. The van der Waals surface area contributed by atoms with E-state index >= 15 is 0 Å². The van der Waals surface area contributed by atoms with Crippen LogP contribution >= 0.6 is 23.8 Å². The largest absolute Gasteiger partial charge is 0.419 e. The van der Waals surface area contributed by atoms with E-state index in [4.69, 9.17) is 28.2 Å². The molecule has 3 aromatic rings. The van der Waals surface area contributed by atoms with Crippen LogP contribution in [0.1, 0.15) is 19.7 Å². The van der Waals surface area contributed by atoms with Gasteiger partial charge in [-0.05, 0) is 62.5 Å². The molecule has 2 aromatic carbocycles. The molecular formula is C19H18ClFN4OS. The third-order valence-corrected chi connectivity index (χ3v) is 4.45. The molecule has 1 heterocycles. The normalized spacial score (nSPS) is 10.9. The Balaban J connectivity index is 1.74. The average molecular weight is 405 g/mol. The van der Waals surface area contributed by atoms with Crippen molar-refractivity contribution in [2.24, 2.45) is 0 Å². The number of anilines is 1. The summed E-state index contributed by atoms with van der Waals surface area (Å²) in [6.07, 6.45) is 0. The number of benzene rings is 2. The number of hydrogen-bond donors (Lipinski definition) is 1. The van der Waals surface area contributed by atoms with Gasteiger partial charge in [0.2, 0.25) is 11.8 Å². The van der Waals surface area contributed by atoms with Gasteiger partial charge in [-0.25, -0.2) is 4.39 Å². The Morgan fingerprint density at radius 2 is 1.89 bits per heavy atom. The minimum absolute atomic E-state index is 0.0441. The van der Waals surface area contributed by atoms with E-state index in [1.54, 1.807) is 30.3 Å². The molecule has 0 aliphatic rings. The maximum atomic E-state index is 13.9.